The first kappa shape index (κ1) is 17.5. The van der Waals surface area contributed by atoms with Gasteiger partial charge in [-0.25, -0.2) is 9.78 Å². The van der Waals surface area contributed by atoms with Crippen molar-refractivity contribution >= 4 is 12.0 Å². The summed E-state index contributed by atoms with van der Waals surface area (Å²) in [5, 5.41) is 11.7. The molecule has 2 aromatic rings. The lowest BCUT2D eigenvalue weighted by atomic mass is 10.1. The van der Waals surface area contributed by atoms with Crippen LogP contribution < -0.4 is 5.32 Å². The maximum Gasteiger partial charge on any atom is 0.317 e. The van der Waals surface area contributed by atoms with Gasteiger partial charge in [0.25, 0.3) is 0 Å². The zero-order valence-electron chi connectivity index (χ0n) is 13.8. The molecule has 0 fully saturated rings. The molecule has 128 valence electrons. The molecule has 0 aliphatic heterocycles. The fourth-order valence-electron chi connectivity index (χ4n) is 2.24. The van der Waals surface area contributed by atoms with Crippen LogP contribution in [0, 0.1) is 5.92 Å². The highest BCUT2D eigenvalue weighted by atomic mass is 16.4. The molecule has 0 spiro atoms. The molecule has 1 aromatic heterocycles. The lowest BCUT2D eigenvalue weighted by Gasteiger charge is -2.20. The molecule has 0 saturated carbocycles. The van der Waals surface area contributed by atoms with Gasteiger partial charge in [0.2, 0.25) is 0 Å². The van der Waals surface area contributed by atoms with E-state index >= 15 is 0 Å². The lowest BCUT2D eigenvalue weighted by molar-refractivity contribution is -0.141. The minimum Gasteiger partial charge on any atom is -0.481 e. The number of aromatic nitrogens is 2. The van der Waals surface area contributed by atoms with Crippen molar-refractivity contribution in [3.8, 4) is 0 Å². The second-order valence-corrected chi connectivity index (χ2v) is 5.83. The van der Waals surface area contributed by atoms with E-state index in [1.54, 1.807) is 26.5 Å². The molecule has 1 heterocycles. The molecule has 0 aliphatic rings. The summed E-state index contributed by atoms with van der Waals surface area (Å²) in [6, 6.07) is 7.67. The second kappa shape index (κ2) is 8.14. The highest BCUT2D eigenvalue weighted by Crippen LogP contribution is 2.07. The van der Waals surface area contributed by atoms with E-state index in [4.69, 9.17) is 5.11 Å². The molecule has 1 unspecified atom stereocenters. The Balaban J connectivity index is 1.81. The van der Waals surface area contributed by atoms with E-state index in [-0.39, 0.29) is 12.6 Å². The fourth-order valence-corrected chi connectivity index (χ4v) is 2.24. The van der Waals surface area contributed by atoms with Crippen LogP contribution in [-0.2, 0) is 17.9 Å². The summed E-state index contributed by atoms with van der Waals surface area (Å²) < 4.78 is 1.98. The number of carbonyl (C=O) groups excluding carboxylic acids is 1. The van der Waals surface area contributed by atoms with Crippen molar-refractivity contribution in [1.29, 1.82) is 0 Å². The highest BCUT2D eigenvalue weighted by Gasteiger charge is 2.16. The molecule has 1 aromatic carbocycles. The van der Waals surface area contributed by atoms with Crippen LogP contribution in [0.4, 0.5) is 4.79 Å². The first-order chi connectivity index (χ1) is 11.5. The van der Waals surface area contributed by atoms with Gasteiger partial charge in [-0.15, -0.1) is 0 Å². The minimum atomic E-state index is -0.914. The maximum atomic E-state index is 12.0. The molecule has 0 aliphatic carbocycles. The van der Waals surface area contributed by atoms with Gasteiger partial charge in [-0.2, -0.15) is 0 Å². The predicted molar refractivity (Wildman–Crippen MR) is 89.4 cm³/mol. The van der Waals surface area contributed by atoms with E-state index in [1.807, 2.05) is 35.0 Å². The topological polar surface area (TPSA) is 87.5 Å². The Morgan fingerprint density at radius 1 is 1.29 bits per heavy atom. The fraction of sp³-hybridized carbons (Fsp3) is 0.353. The quantitative estimate of drug-likeness (QED) is 0.810. The number of carboxylic acids is 1. The molecule has 2 amide bonds. The highest BCUT2D eigenvalue weighted by molar-refractivity contribution is 5.75. The van der Waals surface area contributed by atoms with E-state index in [2.05, 4.69) is 10.3 Å². The van der Waals surface area contributed by atoms with Crippen molar-refractivity contribution in [2.45, 2.75) is 20.0 Å². The van der Waals surface area contributed by atoms with Crippen LogP contribution in [0.1, 0.15) is 18.1 Å². The molecular weight excluding hydrogens is 308 g/mol. The van der Waals surface area contributed by atoms with Crippen molar-refractivity contribution in [3.63, 3.8) is 0 Å². The summed E-state index contributed by atoms with van der Waals surface area (Å²) in [5.41, 5.74) is 2.13. The molecule has 0 radical (unpaired) electrons. The van der Waals surface area contributed by atoms with Crippen molar-refractivity contribution in [2.75, 3.05) is 13.6 Å². The number of nitrogens with zero attached hydrogens (tertiary/aromatic N) is 3. The second-order valence-electron chi connectivity index (χ2n) is 5.83. The van der Waals surface area contributed by atoms with Gasteiger partial charge in [0.15, 0.2) is 0 Å². The number of aliphatic carboxylic acids is 1. The molecule has 1 atom stereocenters. The Kier molecular flexibility index (Phi) is 5.95. The molecule has 0 saturated heterocycles. The summed E-state index contributed by atoms with van der Waals surface area (Å²) in [5.74, 6) is -1.51. The number of urea groups is 1. The van der Waals surface area contributed by atoms with E-state index in [9.17, 15) is 9.59 Å². The van der Waals surface area contributed by atoms with E-state index in [0.29, 0.717) is 6.54 Å². The van der Waals surface area contributed by atoms with Crippen LogP contribution in [0.15, 0.2) is 43.0 Å². The van der Waals surface area contributed by atoms with Gasteiger partial charge in [0.05, 0.1) is 12.2 Å². The zero-order chi connectivity index (χ0) is 17.5. The number of imidazole rings is 1. The van der Waals surface area contributed by atoms with Crippen molar-refractivity contribution in [2.24, 2.45) is 5.92 Å². The first-order valence-electron chi connectivity index (χ1n) is 7.71. The Morgan fingerprint density at radius 2 is 1.96 bits per heavy atom. The Hall–Kier alpha value is -2.83. The van der Waals surface area contributed by atoms with Gasteiger partial charge in [-0.05, 0) is 11.1 Å². The standard InChI is InChI=1S/C17H22N4O3/c1-13(16(22)23)10-20(2)17(24)19-9-14-3-5-15(6-4-14)11-21-8-7-18-12-21/h3-8,12-13H,9-11H2,1-2H3,(H,19,24)(H,22,23). The Morgan fingerprint density at radius 3 is 2.54 bits per heavy atom. The first-order valence-corrected chi connectivity index (χ1v) is 7.71. The van der Waals surface area contributed by atoms with E-state index in [0.717, 1.165) is 17.7 Å². The van der Waals surface area contributed by atoms with E-state index in [1.165, 1.54) is 4.90 Å². The average Bonchev–Trinajstić information content (AvgIpc) is 3.06. The molecule has 24 heavy (non-hydrogen) atoms. The third-order valence-corrected chi connectivity index (χ3v) is 3.71. The summed E-state index contributed by atoms with van der Waals surface area (Å²) in [6.07, 6.45) is 5.41. The van der Waals surface area contributed by atoms with Crippen LogP contribution in [0.25, 0.3) is 0 Å². The number of hydrogen-bond donors (Lipinski definition) is 2. The molecule has 7 nitrogen and oxygen atoms in total. The molecular formula is C17H22N4O3. The van der Waals surface area contributed by atoms with Gasteiger partial charge in [-0.3, -0.25) is 4.79 Å². The minimum absolute atomic E-state index is 0.172. The largest absolute Gasteiger partial charge is 0.481 e. The molecule has 2 rings (SSSR count). The van der Waals surface area contributed by atoms with Crippen LogP contribution in [0.3, 0.4) is 0 Å². The van der Waals surface area contributed by atoms with Crippen LogP contribution >= 0.6 is 0 Å². The smallest absolute Gasteiger partial charge is 0.317 e. The van der Waals surface area contributed by atoms with Gasteiger partial charge in [0.1, 0.15) is 0 Å². The van der Waals surface area contributed by atoms with Gasteiger partial charge >= 0.3 is 12.0 Å². The number of carboxylic acid groups (broad SMARTS) is 1. The van der Waals surface area contributed by atoms with Gasteiger partial charge in [0, 0.05) is 39.1 Å². The maximum absolute atomic E-state index is 12.0. The van der Waals surface area contributed by atoms with Gasteiger partial charge in [-0.1, -0.05) is 31.2 Å². The number of carbonyl (C=O) groups is 2. The predicted octanol–water partition coefficient (Wildman–Crippen LogP) is 1.79. The summed E-state index contributed by atoms with van der Waals surface area (Å²) in [6.45, 7) is 2.90. The van der Waals surface area contributed by atoms with Crippen LogP contribution in [0.2, 0.25) is 0 Å². The Labute approximate surface area is 140 Å². The number of nitrogens with one attached hydrogen (secondary N) is 1. The number of rotatable bonds is 7. The average molecular weight is 330 g/mol. The molecule has 7 heteroatoms. The van der Waals surface area contributed by atoms with Crippen molar-refractivity contribution < 1.29 is 14.7 Å². The number of amides is 2. The van der Waals surface area contributed by atoms with Crippen LogP contribution in [0.5, 0.6) is 0 Å². The summed E-state index contributed by atoms with van der Waals surface area (Å²) >= 11 is 0. The summed E-state index contributed by atoms with van der Waals surface area (Å²) in [7, 11) is 1.59. The molecule has 0 bridgehead atoms. The Bertz CT molecular complexity index is 668. The third kappa shape index (κ3) is 5.12. The SMILES string of the molecule is CC(CN(C)C(=O)NCc1ccc(Cn2ccnc2)cc1)C(=O)O. The summed E-state index contributed by atoms with van der Waals surface area (Å²) in [4.78, 5) is 28.2. The number of hydrogen-bond acceptors (Lipinski definition) is 3. The van der Waals surface area contributed by atoms with Crippen molar-refractivity contribution in [3.05, 3.63) is 54.1 Å². The van der Waals surface area contributed by atoms with Crippen LogP contribution in [-0.4, -0.2) is 45.2 Å². The monoisotopic (exact) mass is 330 g/mol. The van der Waals surface area contributed by atoms with Crippen molar-refractivity contribution in [1.82, 2.24) is 19.8 Å². The zero-order valence-corrected chi connectivity index (χ0v) is 13.8. The number of benzene rings is 1. The molecule has 2 N–H and O–H groups in total. The normalized spacial score (nSPS) is 11.8. The lowest BCUT2D eigenvalue weighted by Crippen LogP contribution is -2.40. The van der Waals surface area contributed by atoms with E-state index < -0.39 is 11.9 Å². The third-order valence-electron chi connectivity index (χ3n) is 3.71. The van der Waals surface area contributed by atoms with Gasteiger partial charge < -0.3 is 19.9 Å².